The number of hydrogen-bond donors (Lipinski definition) is 1. The fraction of sp³-hybridized carbons (Fsp3) is 0.316. The van der Waals surface area contributed by atoms with Crippen LogP contribution in [0.3, 0.4) is 0 Å². The Morgan fingerprint density at radius 2 is 1.62 bits per heavy atom. The van der Waals surface area contributed by atoms with E-state index >= 15 is 0 Å². The van der Waals surface area contributed by atoms with Gasteiger partial charge in [0.25, 0.3) is 5.91 Å². The molecule has 2 aromatic rings. The molecule has 0 heterocycles. The summed E-state index contributed by atoms with van der Waals surface area (Å²) in [6, 6.07) is 14.0. The Balaban J connectivity index is 2.12. The normalized spacial score (nSPS) is 12.0. The molecule has 0 unspecified atom stereocenters. The van der Waals surface area contributed by atoms with Crippen LogP contribution in [0.25, 0.3) is 0 Å². The third-order valence-corrected chi connectivity index (χ3v) is 3.83. The Bertz CT molecular complexity index is 608. The molecule has 0 radical (unpaired) electrons. The molecule has 0 aliphatic rings. The van der Waals surface area contributed by atoms with Gasteiger partial charge >= 0.3 is 0 Å². The Labute approximate surface area is 127 Å². The maximum absolute atomic E-state index is 12.3. The van der Waals surface area contributed by atoms with Gasteiger partial charge in [0.2, 0.25) is 0 Å². The smallest absolute Gasteiger partial charge is 0.255 e. The fourth-order valence-electron chi connectivity index (χ4n) is 2.44. The molecule has 2 heteroatoms. The predicted octanol–water partition coefficient (Wildman–Crippen LogP) is 5.07. The third-order valence-electron chi connectivity index (χ3n) is 3.83. The highest BCUT2D eigenvalue weighted by Gasteiger charge is 2.08. The molecule has 0 spiro atoms. The van der Waals surface area contributed by atoms with Crippen LogP contribution >= 0.6 is 0 Å². The molecule has 21 heavy (non-hydrogen) atoms. The molecule has 0 saturated heterocycles. The van der Waals surface area contributed by atoms with Crippen molar-refractivity contribution >= 4 is 11.6 Å². The summed E-state index contributed by atoms with van der Waals surface area (Å²) in [6.07, 6.45) is 1.12. The maximum atomic E-state index is 12.3. The van der Waals surface area contributed by atoms with Crippen molar-refractivity contribution in [2.45, 2.75) is 40.0 Å². The number of amides is 1. The Hall–Kier alpha value is -2.09. The average molecular weight is 281 g/mol. The summed E-state index contributed by atoms with van der Waals surface area (Å²) in [5.74, 6) is 0.493. The first-order chi connectivity index (χ1) is 9.99. The van der Waals surface area contributed by atoms with Gasteiger partial charge in [0.1, 0.15) is 0 Å². The van der Waals surface area contributed by atoms with Crippen molar-refractivity contribution in [3.63, 3.8) is 0 Å². The lowest BCUT2D eigenvalue weighted by molar-refractivity contribution is 0.102. The highest BCUT2D eigenvalue weighted by atomic mass is 16.1. The maximum Gasteiger partial charge on any atom is 0.255 e. The minimum Gasteiger partial charge on any atom is -0.322 e. The van der Waals surface area contributed by atoms with Crippen molar-refractivity contribution in [3.05, 3.63) is 64.7 Å². The summed E-state index contributed by atoms with van der Waals surface area (Å²) < 4.78 is 0. The van der Waals surface area contributed by atoms with Crippen LogP contribution in [0.15, 0.2) is 42.5 Å². The van der Waals surface area contributed by atoms with Gasteiger partial charge in [-0.15, -0.1) is 0 Å². The number of hydrogen-bond acceptors (Lipinski definition) is 1. The summed E-state index contributed by atoms with van der Waals surface area (Å²) in [7, 11) is 0. The molecule has 1 amide bonds. The van der Waals surface area contributed by atoms with Gasteiger partial charge in [-0.1, -0.05) is 43.2 Å². The van der Waals surface area contributed by atoms with E-state index < -0.39 is 0 Å². The average Bonchev–Trinajstić information content (AvgIpc) is 2.46. The first kappa shape index (κ1) is 15.3. The van der Waals surface area contributed by atoms with E-state index in [1.165, 1.54) is 5.56 Å². The van der Waals surface area contributed by atoms with Crippen LogP contribution in [0.1, 0.15) is 53.2 Å². The van der Waals surface area contributed by atoms with E-state index in [0.717, 1.165) is 23.2 Å². The summed E-state index contributed by atoms with van der Waals surface area (Å²) in [6.45, 7) is 8.40. The highest BCUT2D eigenvalue weighted by Crippen LogP contribution is 2.21. The first-order valence-electron chi connectivity index (χ1n) is 7.49. The van der Waals surface area contributed by atoms with Gasteiger partial charge < -0.3 is 5.32 Å². The van der Waals surface area contributed by atoms with E-state index in [9.17, 15) is 4.79 Å². The van der Waals surface area contributed by atoms with E-state index in [2.05, 4.69) is 37.4 Å². The van der Waals surface area contributed by atoms with Crippen LogP contribution in [-0.2, 0) is 0 Å². The van der Waals surface area contributed by atoms with E-state index in [1.54, 1.807) is 0 Å². The lowest BCUT2D eigenvalue weighted by Crippen LogP contribution is -2.12. The number of rotatable bonds is 4. The summed E-state index contributed by atoms with van der Waals surface area (Å²) >= 11 is 0. The van der Waals surface area contributed by atoms with Crippen LogP contribution in [-0.4, -0.2) is 5.91 Å². The van der Waals surface area contributed by atoms with Crippen molar-refractivity contribution in [3.8, 4) is 0 Å². The monoisotopic (exact) mass is 281 g/mol. The second-order valence-electron chi connectivity index (χ2n) is 5.76. The molecule has 110 valence electrons. The molecular formula is C19H23NO. The van der Waals surface area contributed by atoms with Crippen LogP contribution in [0, 0.1) is 13.8 Å². The molecule has 1 atom stereocenters. The third kappa shape index (κ3) is 3.94. The molecule has 0 saturated carbocycles. The molecule has 0 aliphatic heterocycles. The largest absolute Gasteiger partial charge is 0.322 e. The molecule has 0 aliphatic carbocycles. The van der Waals surface area contributed by atoms with E-state index in [4.69, 9.17) is 0 Å². The van der Waals surface area contributed by atoms with Gasteiger partial charge in [0.15, 0.2) is 0 Å². The SMILES string of the molecule is CC[C@@H](C)c1ccc(NC(=O)c2cc(C)cc(C)c2)cc1. The summed E-state index contributed by atoms with van der Waals surface area (Å²) in [5.41, 5.74) is 5.06. The van der Waals surface area contributed by atoms with Gasteiger partial charge in [-0.05, 0) is 56.0 Å². The number of anilines is 1. The fourth-order valence-corrected chi connectivity index (χ4v) is 2.44. The molecule has 0 aromatic heterocycles. The number of benzene rings is 2. The standard InChI is InChI=1S/C19H23NO/c1-5-15(4)16-6-8-18(9-7-16)20-19(21)17-11-13(2)10-14(3)12-17/h6-12,15H,5H2,1-4H3,(H,20,21)/t15-/m1/s1. The highest BCUT2D eigenvalue weighted by molar-refractivity contribution is 6.04. The summed E-state index contributed by atoms with van der Waals surface area (Å²) in [4.78, 5) is 12.3. The van der Waals surface area contributed by atoms with Crippen molar-refractivity contribution < 1.29 is 4.79 Å². The number of nitrogens with one attached hydrogen (secondary N) is 1. The minimum atomic E-state index is -0.0573. The number of carbonyl (C=O) groups is 1. The number of carbonyl (C=O) groups excluding carboxylic acids is 1. The molecule has 0 bridgehead atoms. The lowest BCUT2D eigenvalue weighted by atomic mass is 9.98. The first-order valence-corrected chi connectivity index (χ1v) is 7.49. The quantitative estimate of drug-likeness (QED) is 0.833. The molecule has 2 rings (SSSR count). The van der Waals surface area contributed by atoms with Gasteiger partial charge in [-0.3, -0.25) is 4.79 Å². The lowest BCUT2D eigenvalue weighted by Gasteiger charge is -2.11. The molecule has 2 nitrogen and oxygen atoms in total. The molecule has 0 fully saturated rings. The second kappa shape index (κ2) is 6.57. The minimum absolute atomic E-state index is 0.0573. The van der Waals surface area contributed by atoms with Crippen molar-refractivity contribution in [2.24, 2.45) is 0 Å². The topological polar surface area (TPSA) is 29.1 Å². The van der Waals surface area contributed by atoms with Crippen LogP contribution in [0.5, 0.6) is 0 Å². The van der Waals surface area contributed by atoms with E-state index in [-0.39, 0.29) is 5.91 Å². The second-order valence-corrected chi connectivity index (χ2v) is 5.76. The van der Waals surface area contributed by atoms with Gasteiger partial charge in [-0.2, -0.15) is 0 Å². The van der Waals surface area contributed by atoms with Crippen LogP contribution in [0.4, 0.5) is 5.69 Å². The van der Waals surface area contributed by atoms with Crippen molar-refractivity contribution in [1.82, 2.24) is 0 Å². The van der Waals surface area contributed by atoms with Crippen molar-refractivity contribution in [2.75, 3.05) is 5.32 Å². The van der Waals surface area contributed by atoms with E-state index in [0.29, 0.717) is 11.5 Å². The van der Waals surface area contributed by atoms with Gasteiger partial charge in [-0.25, -0.2) is 0 Å². The van der Waals surface area contributed by atoms with Crippen molar-refractivity contribution in [1.29, 1.82) is 0 Å². The Morgan fingerprint density at radius 3 is 2.14 bits per heavy atom. The Kier molecular flexibility index (Phi) is 4.79. The zero-order valence-corrected chi connectivity index (χ0v) is 13.2. The van der Waals surface area contributed by atoms with Crippen LogP contribution in [0.2, 0.25) is 0 Å². The molecule has 2 aromatic carbocycles. The van der Waals surface area contributed by atoms with Gasteiger partial charge in [0, 0.05) is 11.3 Å². The zero-order chi connectivity index (χ0) is 15.4. The predicted molar refractivity (Wildman–Crippen MR) is 89.0 cm³/mol. The van der Waals surface area contributed by atoms with Crippen LogP contribution < -0.4 is 5.32 Å². The molecule has 1 N–H and O–H groups in total. The zero-order valence-electron chi connectivity index (χ0n) is 13.2. The summed E-state index contributed by atoms with van der Waals surface area (Å²) in [5, 5.41) is 2.96. The van der Waals surface area contributed by atoms with Gasteiger partial charge in [0.05, 0.1) is 0 Å². The van der Waals surface area contributed by atoms with E-state index in [1.807, 2.05) is 38.1 Å². The number of aryl methyl sites for hydroxylation is 2. The molecular weight excluding hydrogens is 258 g/mol. The Morgan fingerprint density at radius 1 is 1.05 bits per heavy atom.